The lowest BCUT2D eigenvalue weighted by atomic mass is 10.2. The van der Waals surface area contributed by atoms with Crippen molar-refractivity contribution in [2.45, 2.75) is 6.92 Å². The molecule has 0 spiro atoms. The minimum Gasteiger partial charge on any atom is -0.505 e. The van der Waals surface area contributed by atoms with Gasteiger partial charge in [-0.2, -0.15) is 0 Å². The van der Waals surface area contributed by atoms with Crippen LogP contribution >= 0.6 is 46.6 Å². The lowest BCUT2D eigenvalue weighted by Crippen LogP contribution is -2.36. The maximum absolute atomic E-state index is 12.6. The Morgan fingerprint density at radius 2 is 1.83 bits per heavy atom. The zero-order valence-corrected chi connectivity index (χ0v) is 17.9. The fourth-order valence-electron chi connectivity index (χ4n) is 2.52. The Hall–Kier alpha value is -2.19. The van der Waals surface area contributed by atoms with Gasteiger partial charge in [0.1, 0.15) is 6.54 Å². The quantitative estimate of drug-likeness (QED) is 0.588. The second kappa shape index (κ2) is 8.67. The van der Waals surface area contributed by atoms with Gasteiger partial charge in [0.2, 0.25) is 5.91 Å². The van der Waals surface area contributed by atoms with Gasteiger partial charge in [-0.15, -0.1) is 0 Å². The van der Waals surface area contributed by atoms with E-state index < -0.39 is 23.6 Å². The normalized spacial score (nSPS) is 15.3. The van der Waals surface area contributed by atoms with E-state index >= 15 is 0 Å². The molecule has 0 bridgehead atoms. The van der Waals surface area contributed by atoms with Crippen LogP contribution in [-0.4, -0.2) is 33.6 Å². The number of anilines is 1. The number of phenolic OH excluding ortho intramolecular Hbond substituents is 1. The van der Waals surface area contributed by atoms with Gasteiger partial charge in [-0.3, -0.25) is 19.3 Å². The Morgan fingerprint density at radius 1 is 1.17 bits per heavy atom. The smallest absolute Gasteiger partial charge is 0.294 e. The standard InChI is InChI=1S/C19H13Cl3N2O4S/c1-9-2-3-11(20)7-14(9)23-16(25)8-24-18(27)15(29-19(24)28)6-10-4-12(21)17(26)13(22)5-10/h2-7,26H,8H2,1H3,(H,23,25)/b15-6-. The number of thioether (sulfide) groups is 1. The fourth-order valence-corrected chi connectivity index (χ4v) is 4.03. The number of carbonyl (C=O) groups is 3. The van der Waals surface area contributed by atoms with Crippen molar-refractivity contribution in [2.75, 3.05) is 11.9 Å². The third-order valence-corrected chi connectivity index (χ3v) is 5.70. The van der Waals surface area contributed by atoms with Crippen molar-refractivity contribution in [1.82, 2.24) is 4.90 Å². The Balaban J connectivity index is 1.75. The van der Waals surface area contributed by atoms with Gasteiger partial charge >= 0.3 is 0 Å². The molecule has 0 unspecified atom stereocenters. The Labute approximate surface area is 185 Å². The molecule has 6 nitrogen and oxygen atoms in total. The van der Waals surface area contributed by atoms with E-state index in [2.05, 4.69) is 5.32 Å². The van der Waals surface area contributed by atoms with E-state index in [1.807, 2.05) is 0 Å². The predicted molar refractivity (Wildman–Crippen MR) is 116 cm³/mol. The molecule has 2 N–H and O–H groups in total. The van der Waals surface area contributed by atoms with Crippen molar-refractivity contribution in [3.05, 3.63) is 61.4 Å². The van der Waals surface area contributed by atoms with Crippen LogP contribution in [0.4, 0.5) is 10.5 Å². The molecule has 0 saturated carbocycles. The second-order valence-corrected chi connectivity index (χ2v) is 8.35. The van der Waals surface area contributed by atoms with Crippen molar-refractivity contribution in [3.63, 3.8) is 0 Å². The maximum Gasteiger partial charge on any atom is 0.294 e. The summed E-state index contributed by atoms with van der Waals surface area (Å²) in [7, 11) is 0. The molecule has 0 aliphatic carbocycles. The zero-order valence-electron chi connectivity index (χ0n) is 14.8. The maximum atomic E-state index is 12.6. The number of phenols is 1. The molecular formula is C19H13Cl3N2O4S. The molecule has 1 heterocycles. The molecule has 0 atom stereocenters. The number of carbonyl (C=O) groups excluding carboxylic acids is 3. The van der Waals surface area contributed by atoms with Crippen molar-refractivity contribution in [2.24, 2.45) is 0 Å². The number of nitrogens with zero attached hydrogens (tertiary/aromatic N) is 1. The molecule has 0 radical (unpaired) electrons. The molecule has 1 aliphatic rings. The predicted octanol–water partition coefficient (Wildman–Crippen LogP) is 5.34. The van der Waals surface area contributed by atoms with E-state index in [-0.39, 0.29) is 20.7 Å². The van der Waals surface area contributed by atoms with Crippen LogP contribution in [-0.2, 0) is 9.59 Å². The SMILES string of the molecule is Cc1ccc(Cl)cc1NC(=O)CN1C(=O)S/C(=C\c2cc(Cl)c(O)c(Cl)c2)C1=O. The van der Waals surface area contributed by atoms with E-state index in [9.17, 15) is 19.5 Å². The van der Waals surface area contributed by atoms with Crippen molar-refractivity contribution >= 4 is 75.4 Å². The van der Waals surface area contributed by atoms with Gasteiger partial charge < -0.3 is 10.4 Å². The van der Waals surface area contributed by atoms with Gasteiger partial charge in [-0.1, -0.05) is 40.9 Å². The molecule has 0 aromatic heterocycles. The number of benzene rings is 2. The summed E-state index contributed by atoms with van der Waals surface area (Å²) in [6.07, 6.45) is 1.42. The average Bonchev–Trinajstić information content (AvgIpc) is 2.90. The summed E-state index contributed by atoms with van der Waals surface area (Å²) in [5.74, 6) is -1.42. The van der Waals surface area contributed by atoms with Crippen LogP contribution in [0.15, 0.2) is 35.2 Å². The minimum absolute atomic E-state index is 0.0132. The van der Waals surface area contributed by atoms with Crippen molar-refractivity contribution in [3.8, 4) is 5.75 Å². The number of halogens is 3. The minimum atomic E-state index is -0.613. The molecule has 3 amide bonds. The number of aromatic hydroxyl groups is 1. The van der Waals surface area contributed by atoms with Gasteiger partial charge in [-0.25, -0.2) is 0 Å². The summed E-state index contributed by atoms with van der Waals surface area (Å²) in [6.45, 7) is 1.35. The number of rotatable bonds is 4. The molecule has 3 rings (SSSR count). The molecule has 2 aromatic carbocycles. The highest BCUT2D eigenvalue weighted by molar-refractivity contribution is 8.18. The molecule has 1 saturated heterocycles. The molecular weight excluding hydrogens is 459 g/mol. The van der Waals surface area contributed by atoms with Crippen LogP contribution in [0.5, 0.6) is 5.75 Å². The van der Waals surface area contributed by atoms with E-state index in [0.717, 1.165) is 10.5 Å². The van der Waals surface area contributed by atoms with Gasteiger partial charge in [-0.05, 0) is 60.2 Å². The number of hydrogen-bond acceptors (Lipinski definition) is 5. The van der Waals surface area contributed by atoms with E-state index in [4.69, 9.17) is 34.8 Å². The summed E-state index contributed by atoms with van der Waals surface area (Å²) in [6, 6.07) is 7.84. The van der Waals surface area contributed by atoms with Gasteiger partial charge in [0.05, 0.1) is 15.0 Å². The lowest BCUT2D eigenvalue weighted by Gasteiger charge is -2.13. The van der Waals surface area contributed by atoms with Gasteiger partial charge in [0, 0.05) is 10.7 Å². The van der Waals surface area contributed by atoms with Crippen LogP contribution in [0.25, 0.3) is 6.08 Å². The van der Waals surface area contributed by atoms with E-state index in [1.54, 1.807) is 25.1 Å². The summed E-state index contributed by atoms with van der Waals surface area (Å²) in [5, 5.41) is 12.2. The molecule has 1 aliphatic heterocycles. The first-order valence-electron chi connectivity index (χ1n) is 8.15. The monoisotopic (exact) mass is 470 g/mol. The van der Waals surface area contributed by atoms with Crippen LogP contribution < -0.4 is 5.32 Å². The summed E-state index contributed by atoms with van der Waals surface area (Å²) in [4.78, 5) is 38.1. The largest absolute Gasteiger partial charge is 0.505 e. The Morgan fingerprint density at radius 3 is 2.48 bits per heavy atom. The summed E-state index contributed by atoms with van der Waals surface area (Å²) < 4.78 is 0. The highest BCUT2D eigenvalue weighted by Gasteiger charge is 2.36. The third-order valence-electron chi connectivity index (χ3n) is 3.99. The second-order valence-electron chi connectivity index (χ2n) is 6.11. The zero-order chi connectivity index (χ0) is 21.3. The van der Waals surface area contributed by atoms with Crippen molar-refractivity contribution < 1.29 is 19.5 Å². The number of aryl methyl sites for hydroxylation is 1. The average molecular weight is 472 g/mol. The first kappa shape index (κ1) is 21.5. The summed E-state index contributed by atoms with van der Waals surface area (Å²) in [5.41, 5.74) is 1.72. The number of amides is 3. The fraction of sp³-hybridized carbons (Fsp3) is 0.105. The van der Waals surface area contributed by atoms with Gasteiger partial charge in [0.25, 0.3) is 11.1 Å². The van der Waals surface area contributed by atoms with Crippen LogP contribution in [0.1, 0.15) is 11.1 Å². The number of nitrogens with one attached hydrogen (secondary N) is 1. The van der Waals surface area contributed by atoms with Crippen LogP contribution in [0, 0.1) is 6.92 Å². The summed E-state index contributed by atoms with van der Waals surface area (Å²) >= 11 is 18.4. The lowest BCUT2D eigenvalue weighted by molar-refractivity contribution is -0.127. The number of imide groups is 1. The highest BCUT2D eigenvalue weighted by atomic mass is 35.5. The van der Waals surface area contributed by atoms with Gasteiger partial charge in [0.15, 0.2) is 5.75 Å². The Bertz CT molecular complexity index is 1050. The van der Waals surface area contributed by atoms with E-state index in [1.165, 1.54) is 18.2 Å². The topological polar surface area (TPSA) is 86.7 Å². The van der Waals surface area contributed by atoms with E-state index in [0.29, 0.717) is 28.0 Å². The Kier molecular flexibility index (Phi) is 6.43. The van der Waals surface area contributed by atoms with Crippen LogP contribution in [0.2, 0.25) is 15.1 Å². The first-order valence-corrected chi connectivity index (χ1v) is 10.1. The highest BCUT2D eigenvalue weighted by Crippen LogP contribution is 2.36. The van der Waals surface area contributed by atoms with Crippen LogP contribution in [0.3, 0.4) is 0 Å². The third kappa shape index (κ3) is 4.87. The molecule has 29 heavy (non-hydrogen) atoms. The number of hydrogen-bond donors (Lipinski definition) is 2. The molecule has 2 aromatic rings. The molecule has 1 fully saturated rings. The first-order chi connectivity index (χ1) is 13.7. The van der Waals surface area contributed by atoms with Crippen molar-refractivity contribution in [1.29, 1.82) is 0 Å². The molecule has 150 valence electrons. The molecule has 10 heteroatoms.